The fraction of sp³-hybridized carbons (Fsp3) is 0.438. The van der Waals surface area contributed by atoms with Crippen molar-refractivity contribution in [3.8, 4) is 0 Å². The highest BCUT2D eigenvalue weighted by Gasteiger charge is 2.19. The number of nitrogens with one attached hydrogen (secondary N) is 1. The molecule has 2 aromatic rings. The second-order valence-corrected chi connectivity index (χ2v) is 6.10. The maximum Gasteiger partial charge on any atom is 0.255 e. The van der Waals surface area contributed by atoms with Gasteiger partial charge in [-0.05, 0) is 32.3 Å². The molecule has 0 unspecified atom stereocenters. The van der Waals surface area contributed by atoms with Crippen molar-refractivity contribution in [1.29, 1.82) is 0 Å². The zero-order valence-corrected chi connectivity index (χ0v) is 13.8. The van der Waals surface area contributed by atoms with Gasteiger partial charge in [-0.15, -0.1) is 0 Å². The molecule has 23 heavy (non-hydrogen) atoms. The Morgan fingerprint density at radius 3 is 2.78 bits per heavy atom. The molecule has 7 heteroatoms. The van der Waals surface area contributed by atoms with Crippen molar-refractivity contribution in [3.05, 3.63) is 40.4 Å². The number of aryl methyl sites for hydroxylation is 1. The van der Waals surface area contributed by atoms with E-state index >= 15 is 0 Å². The zero-order chi connectivity index (χ0) is 16.2. The molecule has 0 aromatic carbocycles. The summed E-state index contributed by atoms with van der Waals surface area (Å²) in [5.74, 6) is 1.22. The number of halogens is 1. The van der Waals surface area contributed by atoms with Crippen LogP contribution < -0.4 is 5.32 Å². The number of amides is 1. The van der Waals surface area contributed by atoms with Crippen molar-refractivity contribution in [2.24, 2.45) is 0 Å². The molecule has 1 aliphatic heterocycles. The number of carbonyl (C=O) groups is 1. The van der Waals surface area contributed by atoms with E-state index in [-0.39, 0.29) is 5.91 Å². The van der Waals surface area contributed by atoms with Crippen LogP contribution in [0.15, 0.2) is 22.9 Å². The van der Waals surface area contributed by atoms with Crippen LogP contribution in [0.2, 0.25) is 5.02 Å². The monoisotopic (exact) mass is 334 g/mol. The van der Waals surface area contributed by atoms with Crippen LogP contribution in [0.25, 0.3) is 0 Å². The lowest BCUT2D eigenvalue weighted by atomic mass is 10.1. The van der Waals surface area contributed by atoms with Crippen LogP contribution in [0.3, 0.4) is 0 Å². The van der Waals surface area contributed by atoms with Gasteiger partial charge in [-0.2, -0.15) is 0 Å². The van der Waals surface area contributed by atoms with E-state index in [1.807, 2.05) is 17.9 Å². The third-order valence-corrected chi connectivity index (χ3v) is 4.13. The summed E-state index contributed by atoms with van der Waals surface area (Å²) < 4.78 is 5.12. The van der Waals surface area contributed by atoms with Crippen molar-refractivity contribution in [2.75, 3.05) is 18.4 Å². The van der Waals surface area contributed by atoms with E-state index in [0.29, 0.717) is 28.7 Å². The quantitative estimate of drug-likeness (QED) is 0.929. The second-order valence-electron chi connectivity index (χ2n) is 5.70. The van der Waals surface area contributed by atoms with Gasteiger partial charge >= 0.3 is 0 Å². The van der Waals surface area contributed by atoms with Gasteiger partial charge in [0.25, 0.3) is 5.91 Å². The van der Waals surface area contributed by atoms with Gasteiger partial charge in [0.15, 0.2) is 5.76 Å². The number of nitrogens with zero attached hydrogens (tertiary/aromatic N) is 3. The minimum Gasteiger partial charge on any atom is -0.361 e. The number of rotatable bonds is 4. The topological polar surface area (TPSA) is 71.3 Å². The molecule has 0 atom stereocenters. The number of piperidine rings is 1. The third kappa shape index (κ3) is 3.82. The Hall–Kier alpha value is -2.08. The predicted molar refractivity (Wildman–Crippen MR) is 87.6 cm³/mol. The summed E-state index contributed by atoms with van der Waals surface area (Å²) in [5.41, 5.74) is 1.35. The Labute approximate surface area is 139 Å². The first-order chi connectivity index (χ1) is 11.1. The molecule has 0 spiro atoms. The third-order valence-electron chi connectivity index (χ3n) is 3.84. The van der Waals surface area contributed by atoms with Crippen LogP contribution in [0.4, 0.5) is 5.82 Å². The molecule has 0 bridgehead atoms. The lowest BCUT2D eigenvalue weighted by Crippen LogP contribution is -2.35. The van der Waals surface area contributed by atoms with Gasteiger partial charge in [-0.3, -0.25) is 4.79 Å². The number of hydrogen-bond donors (Lipinski definition) is 1. The van der Waals surface area contributed by atoms with Crippen molar-refractivity contribution < 1.29 is 9.32 Å². The summed E-state index contributed by atoms with van der Waals surface area (Å²) in [6.07, 6.45) is 4.87. The molecule has 0 aliphatic carbocycles. The molecule has 2 aromatic heterocycles. The smallest absolute Gasteiger partial charge is 0.255 e. The molecule has 1 amide bonds. The van der Waals surface area contributed by atoms with Crippen LogP contribution in [-0.4, -0.2) is 34.0 Å². The van der Waals surface area contributed by atoms with E-state index in [1.54, 1.807) is 12.3 Å². The van der Waals surface area contributed by atoms with Crippen molar-refractivity contribution >= 4 is 23.3 Å². The van der Waals surface area contributed by atoms with Crippen LogP contribution in [0.5, 0.6) is 0 Å². The Kier molecular flexibility index (Phi) is 4.81. The average molecular weight is 335 g/mol. The van der Waals surface area contributed by atoms with E-state index in [4.69, 9.17) is 16.1 Å². The van der Waals surface area contributed by atoms with Gasteiger partial charge < -0.3 is 14.7 Å². The summed E-state index contributed by atoms with van der Waals surface area (Å²) in [5, 5.41) is 7.33. The Morgan fingerprint density at radius 1 is 1.35 bits per heavy atom. The van der Waals surface area contributed by atoms with Crippen LogP contribution >= 0.6 is 11.6 Å². The highest BCUT2D eigenvalue weighted by Crippen LogP contribution is 2.22. The summed E-state index contributed by atoms with van der Waals surface area (Å²) in [6, 6.07) is 3.51. The van der Waals surface area contributed by atoms with E-state index in [1.165, 1.54) is 6.42 Å². The Balaban J connectivity index is 1.66. The molecule has 3 heterocycles. The molecular weight excluding hydrogens is 316 g/mol. The molecule has 1 saturated heterocycles. The normalized spacial score (nSPS) is 14.8. The number of pyridine rings is 1. The first-order valence-corrected chi connectivity index (χ1v) is 8.12. The highest BCUT2D eigenvalue weighted by molar-refractivity contribution is 6.33. The fourth-order valence-corrected chi connectivity index (χ4v) is 2.87. The average Bonchev–Trinajstić information content (AvgIpc) is 2.99. The van der Waals surface area contributed by atoms with Gasteiger partial charge in [0.1, 0.15) is 5.82 Å². The van der Waals surface area contributed by atoms with Crippen molar-refractivity contribution in [1.82, 2.24) is 15.0 Å². The SMILES string of the molecule is Cc1cc(CNc2ncc(C(=O)N3CCCCC3)cc2Cl)on1. The van der Waals surface area contributed by atoms with Crippen LogP contribution in [0, 0.1) is 6.92 Å². The lowest BCUT2D eigenvalue weighted by Gasteiger charge is -2.26. The minimum absolute atomic E-state index is 0.00323. The Bertz CT molecular complexity index is 695. The second kappa shape index (κ2) is 7.00. The number of likely N-dealkylation sites (tertiary alicyclic amines) is 1. The van der Waals surface area contributed by atoms with Gasteiger partial charge in [0, 0.05) is 25.4 Å². The number of anilines is 1. The zero-order valence-electron chi connectivity index (χ0n) is 13.0. The molecular formula is C16H19ClN4O2. The molecule has 0 radical (unpaired) electrons. The molecule has 0 saturated carbocycles. The summed E-state index contributed by atoms with van der Waals surface area (Å²) >= 11 is 6.24. The predicted octanol–water partition coefficient (Wildman–Crippen LogP) is 3.27. The first kappa shape index (κ1) is 15.8. The van der Waals surface area contributed by atoms with Gasteiger partial charge in [0.2, 0.25) is 0 Å². The van der Waals surface area contributed by atoms with Crippen LogP contribution in [-0.2, 0) is 6.54 Å². The number of hydrogen-bond acceptors (Lipinski definition) is 5. The summed E-state index contributed by atoms with van der Waals surface area (Å²) in [6.45, 7) is 3.91. The standard InChI is InChI=1S/C16H19ClN4O2/c1-11-7-13(23-20-11)10-19-15-14(17)8-12(9-18-15)16(22)21-5-3-2-4-6-21/h7-9H,2-6,10H2,1H3,(H,18,19). The van der Waals surface area contributed by atoms with Gasteiger partial charge in [0.05, 0.1) is 22.8 Å². The Morgan fingerprint density at radius 2 is 2.13 bits per heavy atom. The lowest BCUT2D eigenvalue weighted by molar-refractivity contribution is 0.0724. The number of carbonyl (C=O) groups excluding carboxylic acids is 1. The fourth-order valence-electron chi connectivity index (χ4n) is 2.63. The maximum absolute atomic E-state index is 12.4. The van der Waals surface area contributed by atoms with E-state index in [9.17, 15) is 4.79 Å². The van der Waals surface area contributed by atoms with E-state index in [0.717, 1.165) is 31.6 Å². The molecule has 1 fully saturated rings. The van der Waals surface area contributed by atoms with Gasteiger partial charge in [-0.1, -0.05) is 16.8 Å². The minimum atomic E-state index is -0.00323. The van der Waals surface area contributed by atoms with Gasteiger partial charge in [-0.25, -0.2) is 4.98 Å². The molecule has 1 aliphatic rings. The molecule has 3 rings (SSSR count). The summed E-state index contributed by atoms with van der Waals surface area (Å²) in [7, 11) is 0. The molecule has 122 valence electrons. The van der Waals surface area contributed by atoms with Crippen molar-refractivity contribution in [2.45, 2.75) is 32.7 Å². The van der Waals surface area contributed by atoms with E-state index in [2.05, 4.69) is 15.5 Å². The molecule has 6 nitrogen and oxygen atoms in total. The van der Waals surface area contributed by atoms with E-state index < -0.39 is 0 Å². The first-order valence-electron chi connectivity index (χ1n) is 7.74. The maximum atomic E-state index is 12.4. The highest BCUT2D eigenvalue weighted by atomic mass is 35.5. The van der Waals surface area contributed by atoms with Crippen LogP contribution in [0.1, 0.15) is 41.1 Å². The summed E-state index contributed by atoms with van der Waals surface area (Å²) in [4.78, 5) is 18.6. The largest absolute Gasteiger partial charge is 0.361 e. The number of aromatic nitrogens is 2. The molecule has 1 N–H and O–H groups in total. The van der Waals surface area contributed by atoms with Crippen molar-refractivity contribution in [3.63, 3.8) is 0 Å².